The minimum atomic E-state index is -3.75. The molecule has 0 aromatic carbocycles. The summed E-state index contributed by atoms with van der Waals surface area (Å²) in [7, 11) is 3.86. The number of rotatable bonds is 24. The van der Waals surface area contributed by atoms with Crippen LogP contribution in [0.1, 0.15) is 96.8 Å². The predicted octanol–water partition coefficient (Wildman–Crippen LogP) is 6.92. The molecule has 33 heavy (non-hydrogen) atoms. The molecule has 0 bridgehead atoms. The minimum absolute atomic E-state index is 0.231. The molecule has 7 heteroatoms. The van der Waals surface area contributed by atoms with Crippen LogP contribution in [-0.4, -0.2) is 70.1 Å². The molecule has 0 spiro atoms. The zero-order chi connectivity index (χ0) is 24.8. The molecule has 0 aromatic heterocycles. The number of quaternary nitrogens is 1. The van der Waals surface area contributed by atoms with E-state index in [0.29, 0.717) is 24.2 Å². The smallest absolute Gasteiger partial charge is 0.351 e. The van der Waals surface area contributed by atoms with Gasteiger partial charge in [-0.1, -0.05) is 90.4 Å². The SMILES string of the molecule is CCCCCCCCCCCCCCCCOCC(C=CP(=O)(O)OCC[N+](C)(C)C)OC. The minimum Gasteiger partial charge on any atom is -0.378 e. The highest BCUT2D eigenvalue weighted by atomic mass is 31.2. The summed E-state index contributed by atoms with van der Waals surface area (Å²) in [5.74, 6) is 1.21. The first kappa shape index (κ1) is 32.8. The summed E-state index contributed by atoms with van der Waals surface area (Å²) in [6, 6.07) is 0. The molecule has 0 aliphatic heterocycles. The van der Waals surface area contributed by atoms with Crippen LogP contribution in [0.25, 0.3) is 0 Å². The van der Waals surface area contributed by atoms with Crippen molar-refractivity contribution in [3.8, 4) is 0 Å². The number of hydrogen-bond donors (Lipinski definition) is 1. The van der Waals surface area contributed by atoms with Gasteiger partial charge in [0.1, 0.15) is 13.2 Å². The van der Waals surface area contributed by atoms with Crippen molar-refractivity contribution in [3.05, 3.63) is 11.9 Å². The lowest BCUT2D eigenvalue weighted by Gasteiger charge is -2.23. The standard InChI is InChI=1S/C26H54NO5P/c1-6-7-8-9-10-11-12-13-14-15-16-17-18-19-22-31-25-26(30-5)20-24-33(28,29)32-23-21-27(2,3)4/h20,24,26H,6-19,21-23,25H2,1-5H3/p+1. The fourth-order valence-electron chi connectivity index (χ4n) is 3.49. The molecule has 0 amide bonds. The van der Waals surface area contributed by atoms with Gasteiger partial charge in [-0.25, -0.2) is 0 Å². The maximum atomic E-state index is 12.1. The molecule has 0 fully saturated rings. The summed E-state index contributed by atoms with van der Waals surface area (Å²) in [5, 5.41) is 0. The average Bonchev–Trinajstić information content (AvgIpc) is 2.74. The first-order valence-electron chi connectivity index (χ1n) is 13.3. The first-order chi connectivity index (χ1) is 15.7. The van der Waals surface area contributed by atoms with E-state index >= 15 is 0 Å². The van der Waals surface area contributed by atoms with Gasteiger partial charge >= 0.3 is 7.60 Å². The molecule has 2 atom stereocenters. The molecule has 0 aliphatic carbocycles. The van der Waals surface area contributed by atoms with Gasteiger partial charge in [-0.3, -0.25) is 9.09 Å². The van der Waals surface area contributed by atoms with Gasteiger partial charge in [-0.15, -0.1) is 0 Å². The predicted molar refractivity (Wildman–Crippen MR) is 140 cm³/mol. The van der Waals surface area contributed by atoms with Gasteiger partial charge in [-0.2, -0.15) is 0 Å². The maximum absolute atomic E-state index is 12.1. The number of hydrogen-bond acceptors (Lipinski definition) is 4. The third kappa shape index (κ3) is 24.7. The lowest BCUT2D eigenvalue weighted by atomic mass is 10.0. The number of methoxy groups -OCH3 is 1. The van der Waals surface area contributed by atoms with Crippen LogP contribution in [0.3, 0.4) is 0 Å². The summed E-state index contributed by atoms with van der Waals surface area (Å²) >= 11 is 0. The molecule has 0 heterocycles. The third-order valence-electron chi connectivity index (χ3n) is 5.75. The summed E-state index contributed by atoms with van der Waals surface area (Å²) in [6.45, 7) is 4.24. The van der Waals surface area contributed by atoms with E-state index in [1.807, 2.05) is 21.1 Å². The molecular weight excluding hydrogens is 437 g/mol. The molecule has 0 aliphatic rings. The van der Waals surface area contributed by atoms with Gasteiger partial charge in [0.2, 0.25) is 0 Å². The van der Waals surface area contributed by atoms with Gasteiger partial charge in [0.25, 0.3) is 0 Å². The molecule has 198 valence electrons. The van der Waals surface area contributed by atoms with Crippen LogP contribution < -0.4 is 0 Å². The van der Waals surface area contributed by atoms with E-state index in [9.17, 15) is 9.46 Å². The van der Waals surface area contributed by atoms with Crippen LogP contribution in [-0.2, 0) is 18.6 Å². The lowest BCUT2D eigenvalue weighted by Crippen LogP contribution is -2.37. The largest absolute Gasteiger partial charge is 0.378 e. The van der Waals surface area contributed by atoms with Crippen molar-refractivity contribution in [2.45, 2.75) is 103 Å². The Bertz CT molecular complexity index is 507. The van der Waals surface area contributed by atoms with Gasteiger partial charge in [0.05, 0.1) is 33.9 Å². The van der Waals surface area contributed by atoms with E-state index in [1.54, 1.807) is 13.2 Å². The molecule has 0 saturated carbocycles. The number of unbranched alkanes of at least 4 members (excludes halogenated alkanes) is 13. The van der Waals surface area contributed by atoms with Crippen molar-refractivity contribution in [3.63, 3.8) is 0 Å². The number of likely N-dealkylation sites (N-methyl/N-ethyl adjacent to an activating group) is 1. The van der Waals surface area contributed by atoms with Crippen molar-refractivity contribution in [1.29, 1.82) is 0 Å². The average molecular weight is 493 g/mol. The van der Waals surface area contributed by atoms with Crippen molar-refractivity contribution >= 4 is 7.60 Å². The van der Waals surface area contributed by atoms with Crippen molar-refractivity contribution in [1.82, 2.24) is 0 Å². The molecule has 0 saturated heterocycles. The Morgan fingerprint density at radius 2 is 1.30 bits per heavy atom. The van der Waals surface area contributed by atoms with Crippen LogP contribution in [0.15, 0.2) is 11.9 Å². The first-order valence-corrected chi connectivity index (χ1v) is 14.9. The van der Waals surface area contributed by atoms with E-state index < -0.39 is 7.60 Å². The van der Waals surface area contributed by atoms with Crippen molar-refractivity contribution < 1.29 is 27.9 Å². The molecular formula is C26H55NO5P+. The zero-order valence-corrected chi connectivity index (χ0v) is 23.3. The molecule has 6 nitrogen and oxygen atoms in total. The van der Waals surface area contributed by atoms with Gasteiger partial charge in [0.15, 0.2) is 0 Å². The van der Waals surface area contributed by atoms with Crippen molar-refractivity contribution in [2.24, 2.45) is 0 Å². The Hall–Kier alpha value is -0.230. The van der Waals surface area contributed by atoms with Crippen LogP contribution in [0, 0.1) is 0 Å². The quantitative estimate of drug-likeness (QED) is 0.0900. The summed E-state index contributed by atoms with van der Waals surface area (Å²) < 4.78 is 28.9. The Balaban J connectivity index is 3.62. The van der Waals surface area contributed by atoms with E-state index in [-0.39, 0.29) is 12.7 Å². The maximum Gasteiger partial charge on any atom is 0.351 e. The monoisotopic (exact) mass is 492 g/mol. The van der Waals surface area contributed by atoms with Crippen LogP contribution in [0.4, 0.5) is 0 Å². The molecule has 0 rings (SSSR count). The Kier molecular flexibility index (Phi) is 20.9. The summed E-state index contributed by atoms with van der Waals surface area (Å²) in [5.41, 5.74) is 0. The highest BCUT2D eigenvalue weighted by Crippen LogP contribution is 2.43. The second-order valence-corrected chi connectivity index (χ2v) is 11.9. The van der Waals surface area contributed by atoms with Crippen LogP contribution in [0.5, 0.6) is 0 Å². The van der Waals surface area contributed by atoms with Crippen LogP contribution >= 0.6 is 7.60 Å². The summed E-state index contributed by atoms with van der Waals surface area (Å²) in [4.78, 5) is 9.91. The lowest BCUT2D eigenvalue weighted by molar-refractivity contribution is -0.870. The van der Waals surface area contributed by atoms with Crippen LogP contribution in [0.2, 0.25) is 0 Å². The molecule has 1 N–H and O–H groups in total. The topological polar surface area (TPSA) is 65.0 Å². The number of ether oxygens (including phenoxy) is 2. The molecule has 2 unspecified atom stereocenters. The normalized spacial score (nSPS) is 15.2. The van der Waals surface area contributed by atoms with Gasteiger partial charge < -0.3 is 18.9 Å². The Labute approximate surface area is 205 Å². The molecule has 0 aromatic rings. The van der Waals surface area contributed by atoms with E-state index in [2.05, 4.69) is 6.92 Å². The Morgan fingerprint density at radius 3 is 1.76 bits per heavy atom. The fraction of sp³-hybridized carbons (Fsp3) is 0.923. The highest BCUT2D eigenvalue weighted by molar-refractivity contribution is 7.56. The number of nitrogens with zero attached hydrogens (tertiary/aromatic N) is 1. The second kappa shape index (κ2) is 21.1. The van der Waals surface area contributed by atoms with E-state index in [1.165, 1.54) is 89.3 Å². The van der Waals surface area contributed by atoms with E-state index in [0.717, 1.165) is 6.42 Å². The highest BCUT2D eigenvalue weighted by Gasteiger charge is 2.18. The molecule has 0 radical (unpaired) electrons. The third-order valence-corrected chi connectivity index (χ3v) is 6.86. The van der Waals surface area contributed by atoms with Crippen molar-refractivity contribution in [2.75, 3.05) is 54.6 Å². The Morgan fingerprint density at radius 1 is 0.818 bits per heavy atom. The second-order valence-electron chi connectivity index (χ2n) is 10.2. The summed E-state index contributed by atoms with van der Waals surface area (Å²) in [6.07, 6.45) is 20.0. The van der Waals surface area contributed by atoms with Gasteiger partial charge in [-0.05, 0) is 12.5 Å². The van der Waals surface area contributed by atoms with E-state index in [4.69, 9.17) is 14.0 Å². The zero-order valence-electron chi connectivity index (χ0n) is 22.4. The van der Waals surface area contributed by atoms with Gasteiger partial charge in [0, 0.05) is 19.5 Å². The fourth-order valence-corrected chi connectivity index (χ4v) is 4.33.